The average Bonchev–Trinajstić information content (AvgIpc) is 3.18. The summed E-state index contributed by atoms with van der Waals surface area (Å²) in [5.41, 5.74) is 3.85. The quantitative estimate of drug-likeness (QED) is 0.475. The molecule has 4 nitrogen and oxygen atoms in total. The minimum Gasteiger partial charge on any atom is -0.349 e. The standard InChI is InChI=1S/C18H10ClN3OS/c19-11-7-5-10(6-8-11)14-9-24-18-21-15-12-3-1-2-4-13(12)20-16(15)17(23)22(14)18/h1-9,20H. The second kappa shape index (κ2) is 4.93. The summed E-state index contributed by atoms with van der Waals surface area (Å²) in [4.78, 5) is 21.7. The van der Waals surface area contributed by atoms with Crippen molar-refractivity contribution >= 4 is 49.8 Å². The molecule has 0 aliphatic rings. The van der Waals surface area contributed by atoms with Gasteiger partial charge in [0.05, 0.1) is 5.69 Å². The van der Waals surface area contributed by atoms with Crippen molar-refractivity contribution in [2.24, 2.45) is 0 Å². The van der Waals surface area contributed by atoms with Crippen LogP contribution < -0.4 is 5.56 Å². The van der Waals surface area contributed by atoms with Gasteiger partial charge in [0, 0.05) is 21.3 Å². The number of benzene rings is 2. The van der Waals surface area contributed by atoms with Gasteiger partial charge < -0.3 is 4.98 Å². The summed E-state index contributed by atoms with van der Waals surface area (Å²) < 4.78 is 1.66. The first-order valence-electron chi connectivity index (χ1n) is 7.39. The Morgan fingerprint density at radius 3 is 2.71 bits per heavy atom. The lowest BCUT2D eigenvalue weighted by Gasteiger charge is -2.02. The predicted octanol–water partition coefficient (Wildman–Crippen LogP) is 4.71. The van der Waals surface area contributed by atoms with Crippen molar-refractivity contribution in [1.82, 2.24) is 14.4 Å². The molecule has 0 saturated heterocycles. The number of aromatic amines is 1. The third-order valence-corrected chi connectivity index (χ3v) is 5.23. The van der Waals surface area contributed by atoms with Crippen LogP contribution in [0.5, 0.6) is 0 Å². The zero-order chi connectivity index (χ0) is 16.3. The smallest absolute Gasteiger partial charge is 0.283 e. The summed E-state index contributed by atoms with van der Waals surface area (Å²) in [6.45, 7) is 0. The molecule has 0 saturated carbocycles. The van der Waals surface area contributed by atoms with E-state index in [4.69, 9.17) is 16.6 Å². The molecule has 0 fully saturated rings. The largest absolute Gasteiger partial charge is 0.349 e. The minimum absolute atomic E-state index is 0.0857. The van der Waals surface area contributed by atoms with Gasteiger partial charge in [0.1, 0.15) is 11.0 Å². The van der Waals surface area contributed by atoms with E-state index >= 15 is 0 Å². The highest BCUT2D eigenvalue weighted by atomic mass is 35.5. The average molecular weight is 352 g/mol. The van der Waals surface area contributed by atoms with Crippen molar-refractivity contribution in [2.75, 3.05) is 0 Å². The Bertz CT molecular complexity index is 1280. The number of nitrogens with zero attached hydrogens (tertiary/aromatic N) is 2. The van der Waals surface area contributed by atoms with E-state index in [-0.39, 0.29) is 5.56 Å². The SMILES string of the molecule is O=c1c2[nH]c3ccccc3c2nc2scc(-c3ccc(Cl)cc3)n12. The van der Waals surface area contributed by atoms with Gasteiger partial charge in [0.25, 0.3) is 5.56 Å². The topological polar surface area (TPSA) is 50.2 Å². The van der Waals surface area contributed by atoms with Crippen molar-refractivity contribution in [3.8, 4) is 11.3 Å². The van der Waals surface area contributed by atoms with Crippen molar-refractivity contribution < 1.29 is 0 Å². The maximum absolute atomic E-state index is 13.1. The maximum Gasteiger partial charge on any atom is 0.283 e. The van der Waals surface area contributed by atoms with E-state index in [0.29, 0.717) is 15.5 Å². The molecular formula is C18H10ClN3OS. The number of aromatic nitrogens is 3. The highest BCUT2D eigenvalue weighted by Crippen LogP contribution is 2.28. The number of para-hydroxylation sites is 1. The van der Waals surface area contributed by atoms with Gasteiger partial charge in [-0.2, -0.15) is 0 Å². The molecule has 0 spiro atoms. The Labute approximate surface area is 145 Å². The summed E-state index contributed by atoms with van der Waals surface area (Å²) in [6.07, 6.45) is 0. The van der Waals surface area contributed by atoms with Crippen LogP contribution in [-0.2, 0) is 0 Å². The van der Waals surface area contributed by atoms with Crippen molar-refractivity contribution in [2.45, 2.75) is 0 Å². The lowest BCUT2D eigenvalue weighted by Crippen LogP contribution is -2.14. The van der Waals surface area contributed by atoms with Crippen LogP contribution in [0.15, 0.2) is 58.7 Å². The zero-order valence-corrected chi connectivity index (χ0v) is 13.9. The van der Waals surface area contributed by atoms with E-state index in [1.807, 2.05) is 53.9 Å². The third kappa shape index (κ3) is 1.85. The number of hydrogen-bond donors (Lipinski definition) is 1. The fraction of sp³-hybridized carbons (Fsp3) is 0. The predicted molar refractivity (Wildman–Crippen MR) is 99.1 cm³/mol. The molecule has 24 heavy (non-hydrogen) atoms. The summed E-state index contributed by atoms with van der Waals surface area (Å²) in [5, 5.41) is 3.59. The van der Waals surface area contributed by atoms with E-state index in [2.05, 4.69) is 4.98 Å². The first kappa shape index (κ1) is 13.8. The molecule has 0 unspecified atom stereocenters. The molecule has 5 aromatic rings. The van der Waals surface area contributed by atoms with E-state index in [1.165, 1.54) is 11.3 Å². The second-order valence-corrected chi connectivity index (χ2v) is 6.83. The first-order valence-corrected chi connectivity index (χ1v) is 8.65. The highest BCUT2D eigenvalue weighted by Gasteiger charge is 2.15. The normalized spacial score (nSPS) is 11.7. The monoisotopic (exact) mass is 351 g/mol. The Balaban J connectivity index is 1.90. The molecule has 3 heterocycles. The number of thiazole rings is 1. The first-order chi connectivity index (χ1) is 11.7. The summed E-state index contributed by atoms with van der Waals surface area (Å²) in [6, 6.07) is 15.3. The summed E-state index contributed by atoms with van der Waals surface area (Å²) in [5.74, 6) is 0. The van der Waals surface area contributed by atoms with Crippen molar-refractivity contribution in [1.29, 1.82) is 0 Å². The van der Waals surface area contributed by atoms with Crippen LogP contribution in [0.2, 0.25) is 5.02 Å². The van der Waals surface area contributed by atoms with Crippen LogP contribution >= 0.6 is 22.9 Å². The number of fused-ring (bicyclic) bond motifs is 4. The Hall–Kier alpha value is -2.63. The van der Waals surface area contributed by atoms with Gasteiger partial charge in [-0.15, -0.1) is 11.3 Å². The Morgan fingerprint density at radius 1 is 1.08 bits per heavy atom. The molecule has 3 aromatic heterocycles. The third-order valence-electron chi connectivity index (χ3n) is 4.15. The van der Waals surface area contributed by atoms with Crippen LogP contribution in [0.1, 0.15) is 0 Å². The molecule has 2 aromatic carbocycles. The molecule has 116 valence electrons. The van der Waals surface area contributed by atoms with Crippen LogP contribution in [0.4, 0.5) is 0 Å². The highest BCUT2D eigenvalue weighted by molar-refractivity contribution is 7.15. The molecule has 0 radical (unpaired) electrons. The van der Waals surface area contributed by atoms with Crippen LogP contribution in [-0.4, -0.2) is 14.4 Å². The molecular weight excluding hydrogens is 342 g/mol. The molecule has 0 atom stereocenters. The molecule has 1 N–H and O–H groups in total. The molecule has 5 rings (SSSR count). The van der Waals surface area contributed by atoms with E-state index < -0.39 is 0 Å². The molecule has 0 bridgehead atoms. The minimum atomic E-state index is -0.0857. The molecule has 6 heteroatoms. The fourth-order valence-electron chi connectivity index (χ4n) is 3.01. The lowest BCUT2D eigenvalue weighted by molar-refractivity contribution is 1.11. The Morgan fingerprint density at radius 2 is 1.88 bits per heavy atom. The van der Waals surface area contributed by atoms with Gasteiger partial charge in [-0.05, 0) is 23.8 Å². The van der Waals surface area contributed by atoms with E-state index in [9.17, 15) is 4.79 Å². The molecule has 0 aliphatic heterocycles. The number of nitrogens with one attached hydrogen (secondary N) is 1. The number of hydrogen-bond acceptors (Lipinski definition) is 3. The second-order valence-electron chi connectivity index (χ2n) is 5.56. The fourth-order valence-corrected chi connectivity index (χ4v) is 4.03. The van der Waals surface area contributed by atoms with E-state index in [1.54, 1.807) is 4.40 Å². The van der Waals surface area contributed by atoms with Crippen LogP contribution in [0.3, 0.4) is 0 Å². The molecule has 0 amide bonds. The Kier molecular flexibility index (Phi) is 2.83. The van der Waals surface area contributed by atoms with Gasteiger partial charge in [0.15, 0.2) is 4.96 Å². The zero-order valence-electron chi connectivity index (χ0n) is 12.3. The number of H-pyrrole nitrogens is 1. The van der Waals surface area contributed by atoms with E-state index in [0.717, 1.165) is 27.7 Å². The van der Waals surface area contributed by atoms with Crippen molar-refractivity contribution in [3.63, 3.8) is 0 Å². The van der Waals surface area contributed by atoms with Gasteiger partial charge in [0.2, 0.25) is 0 Å². The lowest BCUT2D eigenvalue weighted by atomic mass is 10.2. The van der Waals surface area contributed by atoms with Gasteiger partial charge in [-0.3, -0.25) is 4.79 Å². The van der Waals surface area contributed by atoms with Gasteiger partial charge in [-0.25, -0.2) is 9.38 Å². The van der Waals surface area contributed by atoms with Gasteiger partial charge >= 0.3 is 0 Å². The number of rotatable bonds is 1. The summed E-state index contributed by atoms with van der Waals surface area (Å²) in [7, 11) is 0. The van der Waals surface area contributed by atoms with Gasteiger partial charge in [-0.1, -0.05) is 41.9 Å². The van der Waals surface area contributed by atoms with Crippen LogP contribution in [0.25, 0.3) is 38.2 Å². The summed E-state index contributed by atoms with van der Waals surface area (Å²) >= 11 is 7.42. The van der Waals surface area contributed by atoms with Crippen LogP contribution in [0, 0.1) is 0 Å². The molecule has 0 aliphatic carbocycles. The van der Waals surface area contributed by atoms with Crippen molar-refractivity contribution in [3.05, 3.63) is 69.3 Å². The number of halogens is 1. The maximum atomic E-state index is 13.1.